The summed E-state index contributed by atoms with van der Waals surface area (Å²) in [4.78, 5) is 44.0. The number of ether oxygens (including phenoxy) is 1. The maximum Gasteiger partial charge on any atom is 0.341 e. The molecule has 0 fully saturated rings. The number of nitrogens with one attached hydrogen (secondary N) is 1. The van der Waals surface area contributed by atoms with Gasteiger partial charge in [0.15, 0.2) is 0 Å². The third-order valence-corrected chi connectivity index (χ3v) is 7.16. The van der Waals surface area contributed by atoms with Gasteiger partial charge in [0.2, 0.25) is 5.91 Å². The molecule has 0 radical (unpaired) electrons. The van der Waals surface area contributed by atoms with Crippen LogP contribution in [0.5, 0.6) is 0 Å². The number of nitrogens with zero attached hydrogens (tertiary/aromatic N) is 2. The fraction of sp³-hybridized carbons (Fsp3) is 0.217. The summed E-state index contributed by atoms with van der Waals surface area (Å²) in [6.45, 7) is 5.31. The summed E-state index contributed by atoms with van der Waals surface area (Å²) in [5.74, 6) is -1.34. The second-order valence-electron chi connectivity index (χ2n) is 7.27. The van der Waals surface area contributed by atoms with Crippen LogP contribution in [0.2, 0.25) is 0 Å². The maximum absolute atomic E-state index is 13.3. The number of aryl methyl sites for hydroxylation is 1. The number of anilines is 1. The topological polar surface area (TPSA) is 90.3 Å². The van der Waals surface area contributed by atoms with E-state index in [0.29, 0.717) is 31.9 Å². The van der Waals surface area contributed by atoms with Crippen molar-refractivity contribution in [3.05, 3.63) is 68.1 Å². The lowest BCUT2D eigenvalue weighted by atomic mass is 10.1. The van der Waals surface area contributed by atoms with E-state index < -0.39 is 11.9 Å². The number of aromatic nitrogens is 2. The molecule has 3 heterocycles. The van der Waals surface area contributed by atoms with Gasteiger partial charge >= 0.3 is 5.97 Å². The highest BCUT2D eigenvalue weighted by atomic mass is 32.1. The van der Waals surface area contributed by atoms with Crippen LogP contribution in [0.1, 0.15) is 27.7 Å². The Hall–Kier alpha value is -3.37. The van der Waals surface area contributed by atoms with Crippen molar-refractivity contribution in [2.45, 2.75) is 27.3 Å². The zero-order chi connectivity index (χ0) is 23.7. The van der Waals surface area contributed by atoms with Crippen molar-refractivity contribution in [2.75, 3.05) is 11.9 Å². The third kappa shape index (κ3) is 4.44. The first-order valence-electron chi connectivity index (χ1n) is 10.1. The van der Waals surface area contributed by atoms with Gasteiger partial charge < -0.3 is 10.1 Å². The van der Waals surface area contributed by atoms with E-state index in [2.05, 4.69) is 10.3 Å². The molecule has 0 unspecified atom stereocenters. The van der Waals surface area contributed by atoms with Crippen molar-refractivity contribution < 1.29 is 18.7 Å². The average molecular weight is 486 g/mol. The highest BCUT2D eigenvalue weighted by molar-refractivity contribution is 7.17. The van der Waals surface area contributed by atoms with Gasteiger partial charge in [0.05, 0.1) is 23.9 Å². The lowest BCUT2D eigenvalue weighted by Crippen LogP contribution is -2.28. The number of halogens is 1. The predicted molar refractivity (Wildman–Crippen MR) is 128 cm³/mol. The molecular weight excluding hydrogens is 465 g/mol. The van der Waals surface area contributed by atoms with Crippen LogP contribution in [0.4, 0.5) is 9.39 Å². The molecular formula is C23H20FN3O4S2. The summed E-state index contributed by atoms with van der Waals surface area (Å²) in [6, 6.07) is 5.85. The molecule has 10 heteroatoms. The fourth-order valence-electron chi connectivity index (χ4n) is 3.41. The number of benzene rings is 1. The van der Waals surface area contributed by atoms with E-state index in [1.165, 1.54) is 45.7 Å². The van der Waals surface area contributed by atoms with Gasteiger partial charge in [-0.1, -0.05) is 12.1 Å². The number of rotatable bonds is 6. The monoisotopic (exact) mass is 485 g/mol. The van der Waals surface area contributed by atoms with Crippen LogP contribution >= 0.6 is 22.7 Å². The summed E-state index contributed by atoms with van der Waals surface area (Å²) < 4.78 is 19.6. The lowest BCUT2D eigenvalue weighted by Gasteiger charge is -2.09. The first-order chi connectivity index (χ1) is 15.8. The molecule has 0 aliphatic heterocycles. The summed E-state index contributed by atoms with van der Waals surface area (Å²) >= 11 is 2.58. The summed E-state index contributed by atoms with van der Waals surface area (Å²) in [6.07, 6.45) is 1.33. The van der Waals surface area contributed by atoms with Crippen molar-refractivity contribution >= 4 is 49.8 Å². The van der Waals surface area contributed by atoms with Crippen LogP contribution < -0.4 is 10.9 Å². The minimum Gasteiger partial charge on any atom is -0.462 e. The number of esters is 1. The Morgan fingerprint density at radius 3 is 2.64 bits per heavy atom. The standard InChI is InChI=1S/C23H20FN3O4S2/c1-4-31-23(30)18-12(2)13(3)33-21(18)26-17(28)9-27-11-25-20-19(22(27)29)16(10-32-20)14-5-7-15(24)8-6-14/h5-8,10-11H,4,9H2,1-3H3,(H,26,28). The highest BCUT2D eigenvalue weighted by Gasteiger charge is 2.22. The molecule has 0 aliphatic rings. The molecule has 1 amide bonds. The van der Waals surface area contributed by atoms with Crippen molar-refractivity contribution in [3.8, 4) is 11.1 Å². The number of hydrogen-bond acceptors (Lipinski definition) is 7. The van der Waals surface area contributed by atoms with Crippen LogP contribution in [-0.2, 0) is 16.1 Å². The first kappa shape index (κ1) is 22.8. The number of carbonyl (C=O) groups is 2. The molecule has 0 saturated heterocycles. The van der Waals surface area contributed by atoms with E-state index in [1.54, 1.807) is 31.4 Å². The Balaban J connectivity index is 1.63. The van der Waals surface area contributed by atoms with Gasteiger partial charge in [0.25, 0.3) is 5.56 Å². The molecule has 1 aromatic carbocycles. The highest BCUT2D eigenvalue weighted by Crippen LogP contribution is 2.33. The average Bonchev–Trinajstić information content (AvgIpc) is 3.32. The number of fused-ring (bicyclic) bond motifs is 1. The zero-order valence-electron chi connectivity index (χ0n) is 18.1. The van der Waals surface area contributed by atoms with Gasteiger partial charge in [-0.25, -0.2) is 14.2 Å². The van der Waals surface area contributed by atoms with E-state index in [0.717, 1.165) is 10.4 Å². The predicted octanol–water partition coefficient (Wildman–Crippen LogP) is 4.76. The Morgan fingerprint density at radius 2 is 1.94 bits per heavy atom. The molecule has 1 N–H and O–H groups in total. The first-order valence-corrected chi connectivity index (χ1v) is 11.8. The van der Waals surface area contributed by atoms with E-state index >= 15 is 0 Å². The minimum atomic E-state index is -0.503. The summed E-state index contributed by atoms with van der Waals surface area (Å²) in [7, 11) is 0. The number of thiophene rings is 2. The van der Waals surface area contributed by atoms with Crippen molar-refractivity contribution in [1.29, 1.82) is 0 Å². The van der Waals surface area contributed by atoms with E-state index in [9.17, 15) is 18.8 Å². The molecule has 4 rings (SSSR count). The fourth-order valence-corrected chi connectivity index (χ4v) is 5.38. The lowest BCUT2D eigenvalue weighted by molar-refractivity contribution is -0.116. The third-order valence-electron chi connectivity index (χ3n) is 5.15. The van der Waals surface area contributed by atoms with Crippen molar-refractivity contribution in [3.63, 3.8) is 0 Å². The molecule has 170 valence electrons. The molecule has 0 bridgehead atoms. The summed E-state index contributed by atoms with van der Waals surface area (Å²) in [5.41, 5.74) is 2.02. The SMILES string of the molecule is CCOC(=O)c1c(NC(=O)Cn2cnc3scc(-c4ccc(F)cc4)c3c2=O)sc(C)c1C. The van der Waals surface area contributed by atoms with Crippen molar-refractivity contribution in [2.24, 2.45) is 0 Å². The van der Waals surface area contributed by atoms with Crippen LogP contribution in [0.15, 0.2) is 40.8 Å². The largest absolute Gasteiger partial charge is 0.462 e. The molecule has 0 saturated carbocycles. The van der Waals surface area contributed by atoms with Crippen molar-refractivity contribution in [1.82, 2.24) is 9.55 Å². The van der Waals surface area contributed by atoms with Crippen LogP contribution in [0.25, 0.3) is 21.3 Å². The van der Waals surface area contributed by atoms with Gasteiger partial charge in [-0.15, -0.1) is 22.7 Å². The number of hydrogen-bond donors (Lipinski definition) is 1. The molecule has 0 spiro atoms. The smallest absolute Gasteiger partial charge is 0.341 e. The minimum absolute atomic E-state index is 0.221. The van der Waals surface area contributed by atoms with E-state index in [4.69, 9.17) is 4.74 Å². The van der Waals surface area contributed by atoms with Gasteiger partial charge in [-0.3, -0.25) is 14.2 Å². The van der Waals surface area contributed by atoms with Gasteiger partial charge in [0.1, 0.15) is 22.2 Å². The van der Waals surface area contributed by atoms with Crippen LogP contribution in [0, 0.1) is 19.7 Å². The van der Waals surface area contributed by atoms with Crippen LogP contribution in [0.3, 0.4) is 0 Å². The van der Waals surface area contributed by atoms with E-state index in [1.807, 2.05) is 6.92 Å². The quantitative estimate of drug-likeness (QED) is 0.398. The molecule has 0 aliphatic carbocycles. The molecule has 0 atom stereocenters. The Morgan fingerprint density at radius 1 is 1.21 bits per heavy atom. The second kappa shape index (κ2) is 9.24. The zero-order valence-corrected chi connectivity index (χ0v) is 19.7. The van der Waals surface area contributed by atoms with Gasteiger partial charge in [-0.2, -0.15) is 0 Å². The maximum atomic E-state index is 13.3. The molecule has 7 nitrogen and oxygen atoms in total. The normalized spacial score (nSPS) is 11.0. The Bertz CT molecular complexity index is 1420. The molecule has 3 aromatic heterocycles. The number of carbonyl (C=O) groups excluding carboxylic acids is 2. The summed E-state index contributed by atoms with van der Waals surface area (Å²) in [5, 5.41) is 5.28. The Kier molecular flexibility index (Phi) is 6.39. The van der Waals surface area contributed by atoms with Gasteiger partial charge in [0, 0.05) is 15.8 Å². The second-order valence-corrected chi connectivity index (χ2v) is 9.35. The Labute approximate surface area is 196 Å². The van der Waals surface area contributed by atoms with E-state index in [-0.39, 0.29) is 24.5 Å². The molecule has 33 heavy (non-hydrogen) atoms. The van der Waals surface area contributed by atoms with Gasteiger partial charge in [-0.05, 0) is 44.0 Å². The molecule has 4 aromatic rings. The van der Waals surface area contributed by atoms with Crippen LogP contribution in [-0.4, -0.2) is 28.0 Å². The number of amides is 1.